The largest absolute Gasteiger partial charge is 0.872 e. The number of benzene rings is 2. The molecule has 5 rings (SSSR count). The lowest BCUT2D eigenvalue weighted by molar-refractivity contribution is -0.918. The molecular formula is C25H27N3O3. The van der Waals surface area contributed by atoms with Gasteiger partial charge in [0.15, 0.2) is 5.76 Å². The molecule has 2 aliphatic heterocycles. The number of rotatable bonds is 4. The Labute approximate surface area is 181 Å². The van der Waals surface area contributed by atoms with Crippen molar-refractivity contribution in [2.24, 2.45) is 0 Å². The van der Waals surface area contributed by atoms with Crippen LogP contribution < -0.4 is 14.7 Å². The Morgan fingerprint density at radius 3 is 2.71 bits per heavy atom. The average Bonchev–Trinajstić information content (AvgIpc) is 3.30. The number of carbonyl (C=O) groups excluding carboxylic acids is 1. The van der Waals surface area contributed by atoms with E-state index >= 15 is 0 Å². The SMILES string of the molecule is CCn1cc(C=C2Oc3c(ccc([O-])c3C[NH+]3CCN(C)CC3)C2=O)c2ccccc21. The molecule has 2 aliphatic rings. The van der Waals surface area contributed by atoms with E-state index in [1.165, 1.54) is 11.0 Å². The number of ether oxygens (including phenoxy) is 1. The Morgan fingerprint density at radius 1 is 1.16 bits per heavy atom. The summed E-state index contributed by atoms with van der Waals surface area (Å²) < 4.78 is 8.23. The number of fused-ring (bicyclic) bond motifs is 2. The summed E-state index contributed by atoms with van der Waals surface area (Å²) in [5.41, 5.74) is 3.18. The van der Waals surface area contributed by atoms with Crippen molar-refractivity contribution >= 4 is 22.8 Å². The Morgan fingerprint density at radius 2 is 1.94 bits per heavy atom. The molecule has 0 amide bonds. The molecule has 6 heteroatoms. The molecule has 3 aromatic rings. The van der Waals surface area contributed by atoms with Crippen LogP contribution in [0.1, 0.15) is 28.4 Å². The number of nitrogens with one attached hydrogen (secondary N) is 1. The zero-order chi connectivity index (χ0) is 21.5. The molecule has 0 bridgehead atoms. The van der Waals surface area contributed by atoms with Gasteiger partial charge in [0, 0.05) is 47.9 Å². The van der Waals surface area contributed by atoms with Crippen molar-refractivity contribution in [1.29, 1.82) is 0 Å². The van der Waals surface area contributed by atoms with E-state index in [-0.39, 0.29) is 17.3 Å². The number of carbonyl (C=O) groups is 1. The quantitative estimate of drug-likeness (QED) is 0.657. The Balaban J connectivity index is 1.49. The van der Waals surface area contributed by atoms with Gasteiger partial charge in [-0.2, -0.15) is 0 Å². The number of Topliss-reactive ketones (excluding diaryl/α,β-unsaturated/α-hetero) is 1. The molecule has 0 atom stereocenters. The van der Waals surface area contributed by atoms with Gasteiger partial charge in [0.1, 0.15) is 12.3 Å². The summed E-state index contributed by atoms with van der Waals surface area (Å²) in [5, 5.41) is 13.7. The maximum Gasteiger partial charge on any atom is 0.231 e. The third-order valence-electron chi connectivity index (χ3n) is 6.47. The number of aryl methyl sites for hydroxylation is 1. The predicted octanol–water partition coefficient (Wildman–Crippen LogP) is 1.68. The van der Waals surface area contributed by atoms with Crippen molar-refractivity contribution in [3.05, 3.63) is 65.0 Å². The molecule has 1 aromatic heterocycles. The maximum absolute atomic E-state index is 13.1. The number of hydrogen-bond acceptors (Lipinski definition) is 4. The topological polar surface area (TPSA) is 62.0 Å². The molecular weight excluding hydrogens is 390 g/mol. The van der Waals surface area contributed by atoms with Crippen LogP contribution in [-0.4, -0.2) is 48.5 Å². The summed E-state index contributed by atoms with van der Waals surface area (Å²) in [4.78, 5) is 16.7. The summed E-state index contributed by atoms with van der Waals surface area (Å²) in [6.45, 7) is 7.50. The van der Waals surface area contributed by atoms with Gasteiger partial charge in [-0.1, -0.05) is 30.0 Å². The van der Waals surface area contributed by atoms with Crippen molar-refractivity contribution < 1.29 is 19.5 Å². The summed E-state index contributed by atoms with van der Waals surface area (Å²) in [6.07, 6.45) is 3.86. The highest BCUT2D eigenvalue weighted by Gasteiger charge is 2.31. The average molecular weight is 418 g/mol. The Hall–Kier alpha value is -3.09. The first-order chi connectivity index (χ1) is 15.0. The fourth-order valence-corrected chi connectivity index (χ4v) is 4.61. The van der Waals surface area contributed by atoms with E-state index in [0.29, 0.717) is 23.4 Å². The predicted molar refractivity (Wildman–Crippen MR) is 118 cm³/mol. The number of quaternary nitrogens is 1. The van der Waals surface area contributed by atoms with Crippen LogP contribution in [0.25, 0.3) is 17.0 Å². The number of likely N-dealkylation sites (N-methyl/N-ethyl adjacent to an activating group) is 1. The fraction of sp³-hybridized carbons (Fsp3) is 0.320. The van der Waals surface area contributed by atoms with Gasteiger partial charge >= 0.3 is 0 Å². The first kappa shape index (κ1) is 19.8. The number of allylic oxidation sites excluding steroid dienone is 1. The summed E-state index contributed by atoms with van der Waals surface area (Å²) in [6, 6.07) is 11.3. The van der Waals surface area contributed by atoms with Crippen LogP contribution in [0.3, 0.4) is 0 Å². The minimum Gasteiger partial charge on any atom is -0.872 e. The van der Waals surface area contributed by atoms with Crippen LogP contribution in [0, 0.1) is 0 Å². The number of para-hydroxylation sites is 1. The summed E-state index contributed by atoms with van der Waals surface area (Å²) in [7, 11) is 2.12. The van der Waals surface area contributed by atoms with Crippen molar-refractivity contribution in [3.8, 4) is 11.5 Å². The highest BCUT2D eigenvalue weighted by Crippen LogP contribution is 2.38. The Kier molecular flexibility index (Phi) is 5.04. The van der Waals surface area contributed by atoms with Gasteiger partial charge in [0.25, 0.3) is 0 Å². The molecule has 0 saturated carbocycles. The normalized spacial score (nSPS) is 18.6. The number of aromatic nitrogens is 1. The fourth-order valence-electron chi connectivity index (χ4n) is 4.61. The van der Waals surface area contributed by atoms with E-state index in [1.807, 2.05) is 24.4 Å². The van der Waals surface area contributed by atoms with Crippen LogP contribution in [-0.2, 0) is 13.1 Å². The lowest BCUT2D eigenvalue weighted by Gasteiger charge is -2.30. The number of hydrogen-bond donors (Lipinski definition) is 1. The molecule has 1 N–H and O–H groups in total. The molecule has 31 heavy (non-hydrogen) atoms. The van der Waals surface area contributed by atoms with Gasteiger partial charge in [-0.15, -0.1) is 0 Å². The van der Waals surface area contributed by atoms with Crippen LogP contribution in [0.4, 0.5) is 0 Å². The lowest BCUT2D eigenvalue weighted by Crippen LogP contribution is -3.13. The highest BCUT2D eigenvalue weighted by molar-refractivity contribution is 6.15. The second-order valence-electron chi connectivity index (χ2n) is 8.48. The third kappa shape index (κ3) is 3.52. The van der Waals surface area contributed by atoms with Gasteiger partial charge in [-0.3, -0.25) is 9.69 Å². The van der Waals surface area contributed by atoms with Crippen molar-refractivity contribution in [1.82, 2.24) is 9.47 Å². The second kappa shape index (κ2) is 7.87. The molecule has 3 heterocycles. The first-order valence-corrected chi connectivity index (χ1v) is 10.9. The number of ketones is 1. The van der Waals surface area contributed by atoms with E-state index in [2.05, 4.69) is 35.6 Å². The monoisotopic (exact) mass is 417 g/mol. The minimum atomic E-state index is -0.155. The summed E-state index contributed by atoms with van der Waals surface area (Å²) in [5.74, 6) is 0.531. The van der Waals surface area contributed by atoms with E-state index in [1.54, 1.807) is 6.07 Å². The van der Waals surface area contributed by atoms with Gasteiger partial charge in [0.2, 0.25) is 5.78 Å². The maximum atomic E-state index is 13.1. The standard InChI is InChI=1S/C25H27N3O3/c1-3-28-15-17(18-6-4-5-7-21(18)28)14-23-24(30)19-8-9-22(29)20(25(19)31-23)16-27-12-10-26(2)11-13-27/h4-9,14-15,29H,3,10-13,16H2,1-2H3. The van der Waals surface area contributed by atoms with E-state index in [4.69, 9.17) is 4.74 Å². The van der Waals surface area contributed by atoms with Crippen LogP contribution in [0.2, 0.25) is 0 Å². The summed E-state index contributed by atoms with van der Waals surface area (Å²) >= 11 is 0. The van der Waals surface area contributed by atoms with Crippen LogP contribution in [0.5, 0.6) is 11.5 Å². The zero-order valence-corrected chi connectivity index (χ0v) is 18.0. The molecule has 0 spiro atoms. The van der Waals surface area contributed by atoms with E-state index in [9.17, 15) is 9.90 Å². The van der Waals surface area contributed by atoms with Gasteiger partial charge < -0.3 is 19.3 Å². The molecule has 160 valence electrons. The van der Waals surface area contributed by atoms with Gasteiger partial charge in [-0.05, 0) is 32.2 Å². The molecule has 2 aromatic carbocycles. The zero-order valence-electron chi connectivity index (χ0n) is 18.0. The third-order valence-corrected chi connectivity index (χ3v) is 6.47. The van der Waals surface area contributed by atoms with Crippen molar-refractivity contribution in [2.45, 2.75) is 20.0 Å². The first-order valence-electron chi connectivity index (χ1n) is 10.9. The highest BCUT2D eigenvalue weighted by atomic mass is 16.5. The van der Waals surface area contributed by atoms with E-state index < -0.39 is 0 Å². The molecule has 1 saturated heterocycles. The minimum absolute atomic E-state index is 0.0539. The van der Waals surface area contributed by atoms with Gasteiger partial charge in [-0.25, -0.2) is 0 Å². The number of nitrogens with zero attached hydrogens (tertiary/aromatic N) is 2. The molecule has 0 aliphatic carbocycles. The van der Waals surface area contributed by atoms with E-state index in [0.717, 1.165) is 49.2 Å². The Bertz CT molecular complexity index is 1190. The van der Waals surface area contributed by atoms with Crippen LogP contribution in [0.15, 0.2) is 48.4 Å². The van der Waals surface area contributed by atoms with Crippen LogP contribution >= 0.6 is 0 Å². The molecule has 0 unspecified atom stereocenters. The van der Waals surface area contributed by atoms with Gasteiger partial charge in [0.05, 0.1) is 18.7 Å². The smallest absolute Gasteiger partial charge is 0.231 e. The lowest BCUT2D eigenvalue weighted by atomic mass is 10.0. The number of piperazine rings is 1. The van der Waals surface area contributed by atoms with Crippen molar-refractivity contribution in [3.63, 3.8) is 0 Å². The molecule has 6 nitrogen and oxygen atoms in total. The van der Waals surface area contributed by atoms with Crippen molar-refractivity contribution in [2.75, 3.05) is 33.2 Å². The molecule has 1 fully saturated rings. The second-order valence-corrected chi connectivity index (χ2v) is 8.48. The molecule has 0 radical (unpaired) electrons.